The van der Waals surface area contributed by atoms with Gasteiger partial charge in [0.15, 0.2) is 5.82 Å². The molecule has 2 rings (SSSR count). The molecule has 18 heavy (non-hydrogen) atoms. The normalized spacial score (nSPS) is 10.3. The van der Waals surface area contributed by atoms with Crippen molar-refractivity contribution >= 4 is 27.5 Å². The zero-order valence-corrected chi connectivity index (χ0v) is 11.3. The van der Waals surface area contributed by atoms with Gasteiger partial charge in [-0.1, -0.05) is 15.9 Å². The molecule has 7 heteroatoms. The van der Waals surface area contributed by atoms with E-state index in [0.717, 1.165) is 4.47 Å². The molecular formula is C11H12BrN5O. The second kappa shape index (κ2) is 5.18. The van der Waals surface area contributed by atoms with Crippen LogP contribution in [0.2, 0.25) is 0 Å². The van der Waals surface area contributed by atoms with Crippen LogP contribution < -0.4 is 11.1 Å². The van der Waals surface area contributed by atoms with Crippen molar-refractivity contribution < 1.29 is 4.79 Å². The summed E-state index contributed by atoms with van der Waals surface area (Å²) < 4.78 is 2.55. The Hall–Kier alpha value is -1.89. The van der Waals surface area contributed by atoms with E-state index in [9.17, 15) is 4.79 Å². The van der Waals surface area contributed by atoms with Crippen LogP contribution in [0.15, 0.2) is 29.0 Å². The summed E-state index contributed by atoms with van der Waals surface area (Å²) in [4.78, 5) is 12.0. The first-order valence-corrected chi connectivity index (χ1v) is 6.03. The van der Waals surface area contributed by atoms with E-state index in [1.54, 1.807) is 29.1 Å². The summed E-state index contributed by atoms with van der Waals surface area (Å²) in [5.74, 6) is 0.439. The predicted molar refractivity (Wildman–Crippen MR) is 70.7 cm³/mol. The van der Waals surface area contributed by atoms with Crippen LogP contribution in [-0.2, 0) is 13.6 Å². The van der Waals surface area contributed by atoms with Crippen LogP contribution in [0.25, 0.3) is 0 Å². The first-order valence-electron chi connectivity index (χ1n) is 5.24. The number of aryl methyl sites for hydroxylation is 1. The van der Waals surface area contributed by atoms with Crippen LogP contribution >= 0.6 is 15.9 Å². The van der Waals surface area contributed by atoms with Gasteiger partial charge in [-0.2, -0.15) is 0 Å². The number of hydrogen-bond donors (Lipinski definition) is 2. The fraction of sp³-hybridized carbons (Fsp3) is 0.182. The number of benzene rings is 1. The van der Waals surface area contributed by atoms with Gasteiger partial charge in [-0.15, -0.1) is 10.2 Å². The van der Waals surface area contributed by atoms with Crippen molar-refractivity contribution in [2.45, 2.75) is 6.54 Å². The Kier molecular flexibility index (Phi) is 3.61. The number of amides is 1. The van der Waals surface area contributed by atoms with Gasteiger partial charge >= 0.3 is 0 Å². The number of halogens is 1. The monoisotopic (exact) mass is 309 g/mol. The van der Waals surface area contributed by atoms with Crippen LogP contribution in [0.3, 0.4) is 0 Å². The third-order valence-electron chi connectivity index (χ3n) is 2.47. The zero-order valence-electron chi connectivity index (χ0n) is 9.72. The molecule has 6 nitrogen and oxygen atoms in total. The maximum absolute atomic E-state index is 12.0. The minimum absolute atomic E-state index is 0.239. The highest BCUT2D eigenvalue weighted by atomic mass is 79.9. The number of rotatable bonds is 3. The summed E-state index contributed by atoms with van der Waals surface area (Å²) in [6.07, 6.45) is 1.58. The minimum atomic E-state index is -0.239. The standard InChI is InChI=1S/C11H12BrN5O/c1-17-6-15-16-10(17)5-14-11(18)8-4-7(12)2-3-9(8)13/h2-4,6H,5,13H2,1H3,(H,14,18). The third kappa shape index (κ3) is 2.67. The minimum Gasteiger partial charge on any atom is -0.398 e. The van der Waals surface area contributed by atoms with E-state index in [1.807, 2.05) is 7.05 Å². The van der Waals surface area contributed by atoms with Gasteiger partial charge in [-0.3, -0.25) is 4.79 Å². The van der Waals surface area contributed by atoms with E-state index >= 15 is 0 Å². The van der Waals surface area contributed by atoms with Crippen molar-refractivity contribution in [2.75, 3.05) is 5.73 Å². The fourth-order valence-electron chi connectivity index (χ4n) is 1.45. The highest BCUT2D eigenvalue weighted by Gasteiger charge is 2.11. The molecule has 0 bridgehead atoms. The lowest BCUT2D eigenvalue weighted by atomic mass is 10.1. The molecule has 0 aliphatic heterocycles. The van der Waals surface area contributed by atoms with Gasteiger partial charge in [0.25, 0.3) is 5.91 Å². The van der Waals surface area contributed by atoms with E-state index < -0.39 is 0 Å². The number of hydrogen-bond acceptors (Lipinski definition) is 4. The molecular weight excluding hydrogens is 298 g/mol. The number of carbonyl (C=O) groups excluding carboxylic acids is 1. The second-order valence-corrected chi connectivity index (χ2v) is 4.69. The topological polar surface area (TPSA) is 85.8 Å². The Bertz CT molecular complexity index is 581. The Morgan fingerprint density at radius 1 is 1.56 bits per heavy atom. The Morgan fingerprint density at radius 3 is 3.00 bits per heavy atom. The van der Waals surface area contributed by atoms with Crippen LogP contribution in [-0.4, -0.2) is 20.7 Å². The molecule has 0 fully saturated rings. The van der Waals surface area contributed by atoms with Gasteiger partial charge in [0.2, 0.25) is 0 Å². The van der Waals surface area contributed by atoms with Crippen molar-refractivity contribution in [1.29, 1.82) is 0 Å². The molecule has 94 valence electrons. The average Bonchev–Trinajstić information content (AvgIpc) is 2.75. The van der Waals surface area contributed by atoms with Gasteiger partial charge in [0, 0.05) is 17.2 Å². The molecule has 2 aromatic rings. The summed E-state index contributed by atoms with van der Waals surface area (Å²) >= 11 is 3.30. The lowest BCUT2D eigenvalue weighted by Gasteiger charge is -2.07. The summed E-state index contributed by atoms with van der Waals surface area (Å²) in [7, 11) is 1.81. The number of carbonyl (C=O) groups is 1. The lowest BCUT2D eigenvalue weighted by Crippen LogP contribution is -2.25. The lowest BCUT2D eigenvalue weighted by molar-refractivity contribution is 0.0950. The average molecular weight is 310 g/mol. The quantitative estimate of drug-likeness (QED) is 0.831. The number of nitrogens with one attached hydrogen (secondary N) is 1. The number of nitrogen functional groups attached to an aromatic ring is 1. The van der Waals surface area contributed by atoms with E-state index in [4.69, 9.17) is 5.73 Å². The van der Waals surface area contributed by atoms with Crippen molar-refractivity contribution in [3.63, 3.8) is 0 Å². The molecule has 0 aliphatic rings. The number of anilines is 1. The largest absolute Gasteiger partial charge is 0.398 e. The highest BCUT2D eigenvalue weighted by Crippen LogP contribution is 2.18. The molecule has 1 amide bonds. The first kappa shape index (κ1) is 12.6. The van der Waals surface area contributed by atoms with Gasteiger partial charge in [0.1, 0.15) is 6.33 Å². The predicted octanol–water partition coefficient (Wildman–Crippen LogP) is 1.09. The Balaban J connectivity index is 2.08. The molecule has 0 saturated carbocycles. The molecule has 1 aromatic heterocycles. The van der Waals surface area contributed by atoms with Crippen LogP contribution in [0.5, 0.6) is 0 Å². The van der Waals surface area contributed by atoms with Crippen LogP contribution in [0.4, 0.5) is 5.69 Å². The van der Waals surface area contributed by atoms with E-state index in [1.165, 1.54) is 0 Å². The molecule has 1 heterocycles. The molecule has 0 unspecified atom stereocenters. The maximum Gasteiger partial charge on any atom is 0.253 e. The summed E-state index contributed by atoms with van der Waals surface area (Å²) in [6.45, 7) is 0.307. The zero-order chi connectivity index (χ0) is 13.1. The number of nitrogens with two attached hydrogens (primary N) is 1. The number of nitrogens with zero attached hydrogens (tertiary/aromatic N) is 3. The van der Waals surface area contributed by atoms with Crippen LogP contribution in [0.1, 0.15) is 16.2 Å². The van der Waals surface area contributed by atoms with Gasteiger partial charge in [-0.25, -0.2) is 0 Å². The van der Waals surface area contributed by atoms with Gasteiger partial charge in [-0.05, 0) is 18.2 Å². The van der Waals surface area contributed by atoms with E-state index in [-0.39, 0.29) is 5.91 Å². The third-order valence-corrected chi connectivity index (χ3v) is 2.97. The number of aromatic nitrogens is 3. The highest BCUT2D eigenvalue weighted by molar-refractivity contribution is 9.10. The summed E-state index contributed by atoms with van der Waals surface area (Å²) in [6, 6.07) is 5.15. The van der Waals surface area contributed by atoms with Crippen molar-refractivity contribution in [3.8, 4) is 0 Å². The molecule has 0 aliphatic carbocycles. The fourth-order valence-corrected chi connectivity index (χ4v) is 1.81. The van der Waals surface area contributed by atoms with Crippen molar-refractivity contribution in [3.05, 3.63) is 40.4 Å². The maximum atomic E-state index is 12.0. The summed E-state index contributed by atoms with van der Waals surface area (Å²) in [5, 5.41) is 10.4. The molecule has 0 saturated heterocycles. The second-order valence-electron chi connectivity index (χ2n) is 3.77. The first-order chi connectivity index (χ1) is 8.58. The smallest absolute Gasteiger partial charge is 0.253 e. The van der Waals surface area contributed by atoms with Gasteiger partial charge in [0.05, 0.1) is 12.1 Å². The van der Waals surface area contributed by atoms with E-state index in [2.05, 4.69) is 31.4 Å². The Labute approximate surface area is 112 Å². The molecule has 0 spiro atoms. The van der Waals surface area contributed by atoms with E-state index in [0.29, 0.717) is 23.6 Å². The van der Waals surface area contributed by atoms with Crippen molar-refractivity contribution in [1.82, 2.24) is 20.1 Å². The Morgan fingerprint density at radius 2 is 2.33 bits per heavy atom. The summed E-state index contributed by atoms with van der Waals surface area (Å²) in [5.41, 5.74) is 6.63. The van der Waals surface area contributed by atoms with Crippen molar-refractivity contribution in [2.24, 2.45) is 7.05 Å². The van der Waals surface area contributed by atoms with Gasteiger partial charge < -0.3 is 15.6 Å². The van der Waals surface area contributed by atoms with Crippen LogP contribution in [0, 0.1) is 0 Å². The molecule has 3 N–H and O–H groups in total. The molecule has 0 atom stereocenters. The molecule has 0 radical (unpaired) electrons. The SMILES string of the molecule is Cn1cnnc1CNC(=O)c1cc(Br)ccc1N. The molecule has 1 aromatic carbocycles.